The first kappa shape index (κ1) is 10.8. The maximum atomic E-state index is 11.4. The summed E-state index contributed by atoms with van der Waals surface area (Å²) in [5.41, 5.74) is 0. The molecule has 0 spiro atoms. The van der Waals surface area contributed by atoms with E-state index in [2.05, 4.69) is 21.9 Å². The Morgan fingerprint density at radius 3 is 3.29 bits per heavy atom. The first-order valence-corrected chi connectivity index (χ1v) is 5.16. The van der Waals surface area contributed by atoms with E-state index in [-0.39, 0.29) is 11.2 Å². The quantitative estimate of drug-likeness (QED) is 0.568. The molecule has 1 atom stereocenters. The van der Waals surface area contributed by atoms with Crippen LogP contribution in [0.25, 0.3) is 0 Å². The van der Waals surface area contributed by atoms with Crippen molar-refractivity contribution >= 4 is 17.7 Å². The van der Waals surface area contributed by atoms with Gasteiger partial charge in [-0.3, -0.25) is 4.79 Å². The van der Waals surface area contributed by atoms with Crippen LogP contribution in [-0.2, 0) is 4.79 Å². The second kappa shape index (κ2) is 5.49. The molecule has 0 aliphatic heterocycles. The van der Waals surface area contributed by atoms with E-state index in [1.54, 1.807) is 18.5 Å². The van der Waals surface area contributed by atoms with Crippen LogP contribution in [0.2, 0.25) is 0 Å². The molecular formula is C9H13N3OS. The van der Waals surface area contributed by atoms with Crippen LogP contribution < -0.4 is 5.32 Å². The van der Waals surface area contributed by atoms with Crippen LogP contribution in [0, 0.1) is 0 Å². The number of hydrogen-bond donors (Lipinski definition) is 2. The minimum absolute atomic E-state index is 0.00806. The largest absolute Gasteiger partial charge is 0.352 e. The molecule has 0 saturated heterocycles. The number of H-pyrrole nitrogens is 1. The molecule has 0 unspecified atom stereocenters. The average molecular weight is 211 g/mol. The summed E-state index contributed by atoms with van der Waals surface area (Å²) < 4.78 is 0. The molecule has 1 amide bonds. The zero-order chi connectivity index (χ0) is 10.4. The van der Waals surface area contributed by atoms with Crippen LogP contribution in [0.3, 0.4) is 0 Å². The van der Waals surface area contributed by atoms with E-state index in [0.717, 1.165) is 5.16 Å². The van der Waals surface area contributed by atoms with Crippen LogP contribution >= 0.6 is 11.8 Å². The highest BCUT2D eigenvalue weighted by Gasteiger charge is 2.14. The second-order valence-electron chi connectivity index (χ2n) is 2.69. The van der Waals surface area contributed by atoms with E-state index in [4.69, 9.17) is 0 Å². The third-order valence-electron chi connectivity index (χ3n) is 1.55. The van der Waals surface area contributed by atoms with Crippen LogP contribution in [-0.4, -0.2) is 27.7 Å². The third-order valence-corrected chi connectivity index (χ3v) is 2.57. The second-order valence-corrected chi connectivity index (χ2v) is 4.02. The van der Waals surface area contributed by atoms with Crippen molar-refractivity contribution in [3.63, 3.8) is 0 Å². The molecule has 76 valence electrons. The molecule has 0 aliphatic carbocycles. The minimum atomic E-state index is -0.152. The summed E-state index contributed by atoms with van der Waals surface area (Å²) in [6, 6.07) is 0. The molecule has 1 aromatic heterocycles. The van der Waals surface area contributed by atoms with Gasteiger partial charge in [0.15, 0.2) is 5.16 Å². The summed E-state index contributed by atoms with van der Waals surface area (Å²) in [6.45, 7) is 5.87. The van der Waals surface area contributed by atoms with Gasteiger partial charge in [0, 0.05) is 18.9 Å². The van der Waals surface area contributed by atoms with Gasteiger partial charge in [-0.15, -0.1) is 6.58 Å². The van der Waals surface area contributed by atoms with Crippen LogP contribution in [0.15, 0.2) is 30.2 Å². The molecule has 1 aromatic rings. The molecule has 0 fully saturated rings. The zero-order valence-corrected chi connectivity index (χ0v) is 8.80. The smallest absolute Gasteiger partial charge is 0.233 e. The Balaban J connectivity index is 2.37. The SMILES string of the molecule is C=CCNC(=O)[C@@H](C)Sc1ncc[nH]1. The molecule has 1 rings (SSSR count). The predicted octanol–water partition coefficient (Wildman–Crippen LogP) is 1.19. The Labute approximate surface area is 87.2 Å². The molecule has 0 aliphatic rings. The van der Waals surface area contributed by atoms with Gasteiger partial charge in [0.05, 0.1) is 5.25 Å². The van der Waals surface area contributed by atoms with Gasteiger partial charge < -0.3 is 10.3 Å². The molecule has 4 nitrogen and oxygen atoms in total. The van der Waals surface area contributed by atoms with Gasteiger partial charge in [-0.05, 0) is 6.92 Å². The minimum Gasteiger partial charge on any atom is -0.352 e. The molecule has 0 aromatic carbocycles. The number of nitrogens with one attached hydrogen (secondary N) is 2. The normalized spacial score (nSPS) is 12.1. The highest BCUT2D eigenvalue weighted by atomic mass is 32.2. The Hall–Kier alpha value is -1.23. The number of aromatic nitrogens is 2. The van der Waals surface area contributed by atoms with E-state index in [1.807, 2.05) is 6.92 Å². The molecule has 0 radical (unpaired) electrons. The Bertz CT molecular complexity index is 297. The van der Waals surface area contributed by atoms with Gasteiger partial charge in [-0.2, -0.15) is 0 Å². The van der Waals surface area contributed by atoms with Gasteiger partial charge in [-0.25, -0.2) is 4.98 Å². The highest BCUT2D eigenvalue weighted by molar-refractivity contribution is 8.00. The number of amides is 1. The third kappa shape index (κ3) is 3.26. The standard InChI is InChI=1S/C9H13N3OS/c1-3-4-10-8(13)7(2)14-9-11-5-6-12-9/h3,5-7H,1,4H2,2H3,(H,10,13)(H,11,12)/t7-/m1/s1. The fraction of sp³-hybridized carbons (Fsp3) is 0.333. The Kier molecular flexibility index (Phi) is 4.25. The number of nitrogens with zero attached hydrogens (tertiary/aromatic N) is 1. The predicted molar refractivity (Wildman–Crippen MR) is 57.1 cm³/mol. The van der Waals surface area contributed by atoms with Crippen molar-refractivity contribution in [3.8, 4) is 0 Å². The molecule has 0 bridgehead atoms. The summed E-state index contributed by atoms with van der Waals surface area (Å²) in [5.74, 6) is -0.00806. The molecular weight excluding hydrogens is 198 g/mol. The molecule has 14 heavy (non-hydrogen) atoms. The van der Waals surface area contributed by atoms with E-state index in [1.165, 1.54) is 11.8 Å². The highest BCUT2D eigenvalue weighted by Crippen LogP contribution is 2.18. The van der Waals surface area contributed by atoms with Crippen molar-refractivity contribution in [3.05, 3.63) is 25.0 Å². The zero-order valence-electron chi connectivity index (χ0n) is 7.99. The van der Waals surface area contributed by atoms with Crippen molar-refractivity contribution in [2.45, 2.75) is 17.3 Å². The number of carbonyl (C=O) groups excluding carboxylic acids is 1. The lowest BCUT2D eigenvalue weighted by Crippen LogP contribution is -2.30. The van der Waals surface area contributed by atoms with E-state index in [9.17, 15) is 4.79 Å². The monoisotopic (exact) mass is 211 g/mol. The van der Waals surface area contributed by atoms with Crippen LogP contribution in [0.5, 0.6) is 0 Å². The number of aromatic amines is 1. The maximum Gasteiger partial charge on any atom is 0.233 e. The topological polar surface area (TPSA) is 57.8 Å². The fourth-order valence-corrected chi connectivity index (χ4v) is 1.64. The van der Waals surface area contributed by atoms with E-state index < -0.39 is 0 Å². The lowest BCUT2D eigenvalue weighted by molar-refractivity contribution is -0.120. The fourth-order valence-electron chi connectivity index (χ4n) is 0.853. The summed E-state index contributed by atoms with van der Waals surface area (Å²) in [4.78, 5) is 18.4. The summed E-state index contributed by atoms with van der Waals surface area (Å²) in [6.07, 6.45) is 5.05. The Morgan fingerprint density at radius 2 is 2.71 bits per heavy atom. The van der Waals surface area contributed by atoms with Gasteiger partial charge in [0.1, 0.15) is 0 Å². The molecule has 1 heterocycles. The summed E-state index contributed by atoms with van der Waals surface area (Å²) in [7, 11) is 0. The van der Waals surface area contributed by atoms with Crippen molar-refractivity contribution < 1.29 is 4.79 Å². The van der Waals surface area contributed by atoms with Crippen LogP contribution in [0.1, 0.15) is 6.92 Å². The maximum absolute atomic E-state index is 11.4. The summed E-state index contributed by atoms with van der Waals surface area (Å²) in [5, 5.41) is 3.33. The number of rotatable bonds is 5. The van der Waals surface area contributed by atoms with Crippen molar-refractivity contribution in [2.75, 3.05) is 6.54 Å². The van der Waals surface area contributed by atoms with Crippen molar-refractivity contribution in [1.29, 1.82) is 0 Å². The van der Waals surface area contributed by atoms with Gasteiger partial charge >= 0.3 is 0 Å². The number of imidazole rings is 1. The lowest BCUT2D eigenvalue weighted by Gasteiger charge is -2.08. The van der Waals surface area contributed by atoms with E-state index >= 15 is 0 Å². The number of thioether (sulfide) groups is 1. The number of hydrogen-bond acceptors (Lipinski definition) is 3. The molecule has 2 N–H and O–H groups in total. The number of carbonyl (C=O) groups is 1. The van der Waals surface area contributed by atoms with Gasteiger partial charge in [0.2, 0.25) is 5.91 Å². The van der Waals surface area contributed by atoms with E-state index in [0.29, 0.717) is 6.54 Å². The molecule has 5 heteroatoms. The summed E-state index contributed by atoms with van der Waals surface area (Å²) >= 11 is 1.40. The molecule has 0 saturated carbocycles. The van der Waals surface area contributed by atoms with Crippen molar-refractivity contribution in [1.82, 2.24) is 15.3 Å². The first-order chi connectivity index (χ1) is 6.74. The average Bonchev–Trinajstić information content (AvgIpc) is 2.66. The Morgan fingerprint density at radius 1 is 1.93 bits per heavy atom. The lowest BCUT2D eigenvalue weighted by atomic mass is 10.4. The van der Waals surface area contributed by atoms with Crippen molar-refractivity contribution in [2.24, 2.45) is 0 Å². The van der Waals surface area contributed by atoms with Crippen LogP contribution in [0.4, 0.5) is 0 Å². The first-order valence-electron chi connectivity index (χ1n) is 4.28. The van der Waals surface area contributed by atoms with Gasteiger partial charge in [-0.1, -0.05) is 17.8 Å². The van der Waals surface area contributed by atoms with Gasteiger partial charge in [0.25, 0.3) is 0 Å².